The van der Waals surface area contributed by atoms with Crippen molar-refractivity contribution in [3.8, 4) is 0 Å². The van der Waals surface area contributed by atoms with Gasteiger partial charge in [-0.3, -0.25) is 4.99 Å². The van der Waals surface area contributed by atoms with Gasteiger partial charge in [-0.15, -0.1) is 24.0 Å². The summed E-state index contributed by atoms with van der Waals surface area (Å²) in [7, 11) is 1.71. The fourth-order valence-corrected chi connectivity index (χ4v) is 1.57. The summed E-state index contributed by atoms with van der Waals surface area (Å²) < 4.78 is 13.0. The molecular weight excluding hydrogens is 380 g/mol. The van der Waals surface area contributed by atoms with Gasteiger partial charge in [-0.2, -0.15) is 0 Å². The highest BCUT2D eigenvalue weighted by atomic mass is 127. The molecule has 3 nitrogen and oxygen atoms in total. The van der Waals surface area contributed by atoms with Crippen molar-refractivity contribution in [2.75, 3.05) is 7.05 Å². The summed E-state index contributed by atoms with van der Waals surface area (Å²) >= 11 is 5.72. The Balaban J connectivity index is 0.00000324. The van der Waals surface area contributed by atoms with Gasteiger partial charge in [0.1, 0.15) is 5.82 Å². The Morgan fingerprint density at radius 2 is 2.00 bits per heavy atom. The normalized spacial score (nSPS) is 11.8. The van der Waals surface area contributed by atoms with E-state index >= 15 is 0 Å². The van der Waals surface area contributed by atoms with Crippen LogP contribution in [0, 0.1) is 5.82 Å². The molecule has 6 heteroatoms. The first kappa shape index (κ1) is 18.4. The predicted molar refractivity (Wildman–Crippen MR) is 89.9 cm³/mol. The van der Waals surface area contributed by atoms with Crippen molar-refractivity contribution in [3.05, 3.63) is 34.6 Å². The molecule has 19 heavy (non-hydrogen) atoms. The van der Waals surface area contributed by atoms with Crippen LogP contribution in [-0.2, 0) is 6.54 Å². The van der Waals surface area contributed by atoms with Crippen molar-refractivity contribution in [1.29, 1.82) is 0 Å². The van der Waals surface area contributed by atoms with Crippen LogP contribution in [0.25, 0.3) is 0 Å². The molecule has 0 atom stereocenters. The quantitative estimate of drug-likeness (QED) is 0.453. The Morgan fingerprint density at radius 1 is 1.37 bits per heavy atom. The molecule has 0 radical (unpaired) electrons. The maximum Gasteiger partial charge on any atom is 0.191 e. The highest BCUT2D eigenvalue weighted by molar-refractivity contribution is 14.0. The Hall–Kier alpha value is -0.560. The molecule has 0 saturated carbocycles. The Kier molecular flexibility index (Phi) is 7.66. The van der Waals surface area contributed by atoms with Crippen molar-refractivity contribution < 1.29 is 4.39 Å². The van der Waals surface area contributed by atoms with Crippen LogP contribution in [0.4, 0.5) is 4.39 Å². The number of guanidine groups is 1. The van der Waals surface area contributed by atoms with E-state index in [0.717, 1.165) is 5.56 Å². The molecule has 0 aliphatic carbocycles. The largest absolute Gasteiger partial charge is 0.352 e. The molecule has 0 saturated heterocycles. The number of hydrogen-bond acceptors (Lipinski definition) is 1. The van der Waals surface area contributed by atoms with Crippen LogP contribution in [0.3, 0.4) is 0 Å². The van der Waals surface area contributed by atoms with Gasteiger partial charge in [0.15, 0.2) is 5.96 Å². The number of hydrogen-bond donors (Lipinski definition) is 2. The molecule has 108 valence electrons. The van der Waals surface area contributed by atoms with Crippen molar-refractivity contribution in [2.45, 2.75) is 32.9 Å². The lowest BCUT2D eigenvalue weighted by Gasteiger charge is -2.23. The van der Waals surface area contributed by atoms with Crippen molar-refractivity contribution in [1.82, 2.24) is 10.6 Å². The van der Waals surface area contributed by atoms with Crippen LogP contribution in [0.5, 0.6) is 0 Å². The number of benzene rings is 1. The van der Waals surface area contributed by atoms with E-state index in [1.807, 2.05) is 0 Å². The topological polar surface area (TPSA) is 36.4 Å². The second-order valence-electron chi connectivity index (χ2n) is 5.05. The molecule has 0 unspecified atom stereocenters. The second kappa shape index (κ2) is 7.89. The number of nitrogens with one attached hydrogen (secondary N) is 2. The number of halogens is 3. The van der Waals surface area contributed by atoms with E-state index in [9.17, 15) is 4.39 Å². The van der Waals surface area contributed by atoms with Crippen LogP contribution in [0.1, 0.15) is 26.3 Å². The molecule has 1 aromatic carbocycles. The van der Waals surface area contributed by atoms with Crippen molar-refractivity contribution in [2.24, 2.45) is 4.99 Å². The molecule has 0 bridgehead atoms. The molecule has 2 N–H and O–H groups in total. The Labute approximate surface area is 136 Å². The van der Waals surface area contributed by atoms with E-state index in [1.165, 1.54) is 6.07 Å². The van der Waals surface area contributed by atoms with Crippen LogP contribution in [0.2, 0.25) is 5.02 Å². The number of nitrogens with zero attached hydrogens (tertiary/aromatic N) is 1. The molecule has 1 rings (SSSR count). The van der Waals surface area contributed by atoms with Gasteiger partial charge in [-0.05, 0) is 38.5 Å². The standard InChI is InChI=1S/C13H19ClFN3.HI/c1-13(2,3)18-12(16-4)17-8-9-5-6-11(15)10(14)7-9;/h5-7H,8H2,1-4H3,(H2,16,17,18);1H. The second-order valence-corrected chi connectivity index (χ2v) is 5.46. The maximum absolute atomic E-state index is 13.0. The summed E-state index contributed by atoms with van der Waals surface area (Å²) in [6.07, 6.45) is 0. The number of aliphatic imine (C=N–C) groups is 1. The van der Waals surface area contributed by atoms with Gasteiger partial charge in [0.25, 0.3) is 0 Å². The Morgan fingerprint density at radius 3 is 2.47 bits per heavy atom. The van der Waals surface area contributed by atoms with E-state index in [0.29, 0.717) is 12.5 Å². The highest BCUT2D eigenvalue weighted by Gasteiger charge is 2.11. The van der Waals surface area contributed by atoms with E-state index in [-0.39, 0.29) is 34.5 Å². The van der Waals surface area contributed by atoms with E-state index < -0.39 is 5.82 Å². The van der Waals surface area contributed by atoms with Crippen molar-refractivity contribution in [3.63, 3.8) is 0 Å². The first-order valence-electron chi connectivity index (χ1n) is 5.74. The van der Waals surface area contributed by atoms with Gasteiger partial charge in [0, 0.05) is 19.1 Å². The minimum atomic E-state index is -0.405. The minimum absolute atomic E-state index is 0. The van der Waals surface area contributed by atoms with E-state index in [2.05, 4.69) is 36.4 Å². The van der Waals surface area contributed by atoms with Crippen molar-refractivity contribution >= 4 is 41.5 Å². The highest BCUT2D eigenvalue weighted by Crippen LogP contribution is 2.15. The SMILES string of the molecule is CN=C(NCc1ccc(F)c(Cl)c1)NC(C)(C)C.I. The van der Waals surface area contributed by atoms with Gasteiger partial charge < -0.3 is 10.6 Å². The zero-order valence-corrected chi connectivity index (χ0v) is 14.6. The summed E-state index contributed by atoms with van der Waals surface area (Å²) in [5.74, 6) is 0.292. The Bertz CT molecular complexity index is 444. The summed E-state index contributed by atoms with van der Waals surface area (Å²) in [5.41, 5.74) is 0.834. The smallest absolute Gasteiger partial charge is 0.191 e. The molecular formula is C13H20ClFIN3. The number of rotatable bonds is 2. The molecule has 0 heterocycles. The monoisotopic (exact) mass is 399 g/mol. The van der Waals surface area contributed by atoms with Crippen LogP contribution >= 0.6 is 35.6 Å². The molecule has 0 amide bonds. The summed E-state index contributed by atoms with van der Waals surface area (Å²) in [6.45, 7) is 6.69. The molecule has 1 aromatic rings. The molecule has 0 aliphatic heterocycles. The van der Waals surface area contributed by atoms with Crippen LogP contribution in [-0.4, -0.2) is 18.5 Å². The zero-order chi connectivity index (χ0) is 13.8. The lowest BCUT2D eigenvalue weighted by Crippen LogP contribution is -2.47. The van der Waals surface area contributed by atoms with Crippen LogP contribution < -0.4 is 10.6 Å². The summed E-state index contributed by atoms with van der Waals surface area (Å²) in [6, 6.07) is 4.66. The average molecular weight is 400 g/mol. The lowest BCUT2D eigenvalue weighted by molar-refractivity contribution is 0.501. The first-order chi connectivity index (χ1) is 8.31. The minimum Gasteiger partial charge on any atom is -0.352 e. The summed E-state index contributed by atoms with van der Waals surface area (Å²) in [5, 5.41) is 6.51. The fourth-order valence-electron chi connectivity index (χ4n) is 1.37. The molecule has 0 aromatic heterocycles. The molecule has 0 spiro atoms. The van der Waals surface area contributed by atoms with Gasteiger partial charge in [0.05, 0.1) is 5.02 Å². The molecule has 0 aliphatic rings. The third kappa shape index (κ3) is 6.96. The van der Waals surface area contributed by atoms with Crippen LogP contribution in [0.15, 0.2) is 23.2 Å². The fraction of sp³-hybridized carbons (Fsp3) is 0.462. The van der Waals surface area contributed by atoms with Gasteiger partial charge in [-0.25, -0.2) is 4.39 Å². The third-order valence-electron chi connectivity index (χ3n) is 2.16. The average Bonchev–Trinajstić information content (AvgIpc) is 2.27. The van der Waals surface area contributed by atoms with Gasteiger partial charge in [0.2, 0.25) is 0 Å². The third-order valence-corrected chi connectivity index (χ3v) is 2.45. The summed E-state index contributed by atoms with van der Waals surface area (Å²) in [4.78, 5) is 4.12. The molecule has 0 fully saturated rings. The van der Waals surface area contributed by atoms with Gasteiger partial charge in [-0.1, -0.05) is 17.7 Å². The zero-order valence-electron chi connectivity index (χ0n) is 11.6. The first-order valence-corrected chi connectivity index (χ1v) is 6.12. The van der Waals surface area contributed by atoms with E-state index in [1.54, 1.807) is 19.2 Å². The van der Waals surface area contributed by atoms with Gasteiger partial charge >= 0.3 is 0 Å². The maximum atomic E-state index is 13.0. The lowest BCUT2D eigenvalue weighted by atomic mass is 10.1. The predicted octanol–water partition coefficient (Wildman–Crippen LogP) is 3.56. The van der Waals surface area contributed by atoms with E-state index in [4.69, 9.17) is 11.6 Å².